The van der Waals surface area contributed by atoms with Crippen molar-refractivity contribution in [2.75, 3.05) is 0 Å². The molecule has 0 saturated heterocycles. The van der Waals surface area contributed by atoms with E-state index in [-0.39, 0.29) is 24.5 Å². The third kappa shape index (κ3) is 5.54. The highest BCUT2D eigenvalue weighted by molar-refractivity contribution is 6.22. The van der Waals surface area contributed by atoms with Gasteiger partial charge in [0.1, 0.15) is 6.54 Å². The summed E-state index contributed by atoms with van der Waals surface area (Å²) in [5.41, 5.74) is 10.2. The molecule has 1 aliphatic rings. The number of aromatic nitrogens is 4. The van der Waals surface area contributed by atoms with E-state index in [1.54, 1.807) is 26.2 Å². The number of nitrogens with one attached hydrogen (secondary N) is 1. The number of alkyl halides is 5. The maximum Gasteiger partial charge on any atom is 0.408 e. The number of hydrogen-bond donors (Lipinski definition) is 2. The summed E-state index contributed by atoms with van der Waals surface area (Å²) in [5, 5.41) is 11.9. The van der Waals surface area contributed by atoms with Crippen LogP contribution < -0.4 is 5.73 Å². The van der Waals surface area contributed by atoms with Gasteiger partial charge in [-0.25, -0.2) is 8.78 Å². The fourth-order valence-electron chi connectivity index (χ4n) is 4.74. The molecule has 35 heavy (non-hydrogen) atoms. The Balaban J connectivity index is 1.78. The molecular weight excluding hydrogens is 467 g/mol. The van der Waals surface area contributed by atoms with Crippen molar-refractivity contribution in [1.29, 1.82) is 5.41 Å². The van der Waals surface area contributed by atoms with Gasteiger partial charge in [0, 0.05) is 71.6 Å². The molecule has 11 heteroatoms. The molecule has 0 unspecified atom stereocenters. The molecule has 0 bridgehead atoms. The lowest BCUT2D eigenvalue weighted by Gasteiger charge is -2.28. The molecule has 1 saturated carbocycles. The van der Waals surface area contributed by atoms with Crippen molar-refractivity contribution in [1.82, 2.24) is 19.3 Å². The average Bonchev–Trinajstić information content (AvgIpc) is 3.32. The Bertz CT molecular complexity index is 1270. The molecule has 0 aromatic carbocycles. The molecule has 3 aromatic heterocycles. The van der Waals surface area contributed by atoms with Crippen LogP contribution in [0.5, 0.6) is 0 Å². The van der Waals surface area contributed by atoms with E-state index in [0.29, 0.717) is 58.4 Å². The second-order valence-corrected chi connectivity index (χ2v) is 9.31. The van der Waals surface area contributed by atoms with Crippen LogP contribution in [0, 0.1) is 11.3 Å². The van der Waals surface area contributed by atoms with Gasteiger partial charge in [-0.2, -0.15) is 18.3 Å². The number of nitrogens with zero attached hydrogens (tertiary/aromatic N) is 4. The minimum atomic E-state index is -4.40. The number of pyridine rings is 1. The Kier molecular flexibility index (Phi) is 6.46. The van der Waals surface area contributed by atoms with E-state index in [0.717, 1.165) is 4.68 Å². The number of allylic oxidation sites excluding steroid dienone is 2. The molecule has 0 aliphatic heterocycles. The van der Waals surface area contributed by atoms with Gasteiger partial charge in [0.2, 0.25) is 5.92 Å². The normalized spacial score (nSPS) is 17.6. The second kappa shape index (κ2) is 9.09. The predicted molar refractivity (Wildman–Crippen MR) is 124 cm³/mol. The highest BCUT2D eigenvalue weighted by atomic mass is 19.4. The first-order valence-corrected chi connectivity index (χ1v) is 11.3. The number of nitrogens with two attached hydrogens (primary N) is 1. The maximum atomic E-state index is 13.7. The number of rotatable bonds is 6. The first-order valence-electron chi connectivity index (χ1n) is 11.3. The van der Waals surface area contributed by atoms with Gasteiger partial charge >= 0.3 is 6.18 Å². The Hall–Kier alpha value is -3.24. The van der Waals surface area contributed by atoms with E-state index < -0.39 is 18.6 Å². The zero-order valence-electron chi connectivity index (χ0n) is 19.5. The summed E-state index contributed by atoms with van der Waals surface area (Å²) in [5.74, 6) is -2.60. The third-order valence-electron chi connectivity index (χ3n) is 6.35. The van der Waals surface area contributed by atoms with E-state index in [4.69, 9.17) is 11.1 Å². The zero-order valence-corrected chi connectivity index (χ0v) is 19.5. The van der Waals surface area contributed by atoms with Crippen LogP contribution in [-0.4, -0.2) is 37.1 Å². The van der Waals surface area contributed by atoms with Gasteiger partial charge in [-0.15, -0.1) is 0 Å². The molecule has 0 spiro atoms. The van der Waals surface area contributed by atoms with Crippen molar-refractivity contribution in [3.8, 4) is 11.1 Å². The Morgan fingerprint density at radius 2 is 1.86 bits per heavy atom. The molecule has 1 fully saturated rings. The summed E-state index contributed by atoms with van der Waals surface area (Å²) in [6.07, 6.45) is 2.09. The van der Waals surface area contributed by atoms with Crippen molar-refractivity contribution >= 4 is 22.3 Å². The molecule has 6 nitrogen and oxygen atoms in total. The summed E-state index contributed by atoms with van der Waals surface area (Å²) < 4.78 is 68.5. The largest absolute Gasteiger partial charge is 0.408 e. The minimum Gasteiger partial charge on any atom is -0.402 e. The molecule has 3 N–H and O–H groups in total. The highest BCUT2D eigenvalue weighted by Crippen LogP contribution is 2.38. The van der Waals surface area contributed by atoms with Gasteiger partial charge < -0.3 is 15.7 Å². The van der Waals surface area contributed by atoms with Gasteiger partial charge in [-0.3, -0.25) is 9.67 Å². The molecule has 4 rings (SSSR count). The van der Waals surface area contributed by atoms with Crippen molar-refractivity contribution in [2.24, 2.45) is 11.7 Å². The molecule has 1 aliphatic carbocycles. The topological polar surface area (TPSA) is 85.5 Å². The van der Waals surface area contributed by atoms with Crippen LogP contribution in [-0.2, 0) is 13.1 Å². The van der Waals surface area contributed by atoms with Crippen LogP contribution in [0.1, 0.15) is 45.1 Å². The van der Waals surface area contributed by atoms with E-state index in [9.17, 15) is 22.0 Å². The summed E-state index contributed by atoms with van der Waals surface area (Å²) in [4.78, 5) is 4.58. The second-order valence-electron chi connectivity index (χ2n) is 9.31. The van der Waals surface area contributed by atoms with Gasteiger partial charge in [0.05, 0.1) is 17.2 Å². The van der Waals surface area contributed by atoms with E-state index in [1.165, 1.54) is 12.4 Å². The zero-order chi connectivity index (χ0) is 25.5. The van der Waals surface area contributed by atoms with Crippen LogP contribution >= 0.6 is 0 Å². The van der Waals surface area contributed by atoms with Crippen LogP contribution in [0.25, 0.3) is 27.7 Å². The van der Waals surface area contributed by atoms with Gasteiger partial charge in [0.15, 0.2) is 0 Å². The lowest BCUT2D eigenvalue weighted by Crippen LogP contribution is -2.26. The molecule has 0 radical (unpaired) electrons. The number of halogens is 5. The molecular formula is C24H27F5N6. The molecule has 0 amide bonds. The van der Waals surface area contributed by atoms with Crippen LogP contribution in [0.4, 0.5) is 22.0 Å². The summed E-state index contributed by atoms with van der Waals surface area (Å²) in [6.45, 7) is 2.58. The highest BCUT2D eigenvalue weighted by Gasteiger charge is 2.35. The first-order chi connectivity index (χ1) is 16.3. The Morgan fingerprint density at radius 3 is 2.46 bits per heavy atom. The monoisotopic (exact) mass is 494 g/mol. The smallest absolute Gasteiger partial charge is 0.402 e. The first kappa shape index (κ1) is 24.9. The average molecular weight is 495 g/mol. The lowest BCUT2D eigenvalue weighted by atomic mass is 9.87. The summed E-state index contributed by atoms with van der Waals surface area (Å²) in [7, 11) is 0. The quantitative estimate of drug-likeness (QED) is 0.325. The Labute approximate surface area is 199 Å². The van der Waals surface area contributed by atoms with Gasteiger partial charge in [0.25, 0.3) is 0 Å². The fourth-order valence-corrected chi connectivity index (χ4v) is 4.74. The summed E-state index contributed by atoms with van der Waals surface area (Å²) in [6, 6.07) is 1.84. The van der Waals surface area contributed by atoms with Crippen molar-refractivity contribution in [3.05, 3.63) is 42.1 Å². The summed E-state index contributed by atoms with van der Waals surface area (Å²) >= 11 is 0. The maximum absolute atomic E-state index is 13.7. The van der Waals surface area contributed by atoms with Crippen molar-refractivity contribution in [3.63, 3.8) is 0 Å². The molecule has 188 valence electrons. The minimum absolute atomic E-state index is 0.0328. The van der Waals surface area contributed by atoms with Crippen LogP contribution in [0.3, 0.4) is 0 Å². The van der Waals surface area contributed by atoms with Crippen molar-refractivity contribution in [2.45, 2.75) is 64.7 Å². The van der Waals surface area contributed by atoms with E-state index in [1.807, 2.05) is 10.6 Å². The lowest BCUT2D eigenvalue weighted by molar-refractivity contribution is -0.142. The number of hydrogen-bond acceptors (Lipinski definition) is 4. The predicted octanol–water partition coefficient (Wildman–Crippen LogP) is 6.02. The van der Waals surface area contributed by atoms with E-state index in [2.05, 4.69) is 10.1 Å². The van der Waals surface area contributed by atoms with Gasteiger partial charge in [-0.05, 0) is 38.7 Å². The fraction of sp³-hybridized carbons (Fsp3) is 0.458. The molecule has 3 aromatic rings. The molecule has 0 atom stereocenters. The van der Waals surface area contributed by atoms with Crippen LogP contribution in [0.15, 0.2) is 36.6 Å². The van der Waals surface area contributed by atoms with Crippen molar-refractivity contribution < 1.29 is 22.0 Å². The van der Waals surface area contributed by atoms with Gasteiger partial charge in [-0.1, -0.05) is 0 Å². The molecule has 3 heterocycles. The van der Waals surface area contributed by atoms with Crippen LogP contribution in [0.2, 0.25) is 0 Å². The Morgan fingerprint density at radius 1 is 1.17 bits per heavy atom. The SMILES string of the molecule is CC(=N)C(=C(C)N)c1cnc2c(-c3cnn(CC(F)(F)F)c3)cn(CC3CCC(F)(F)CC3)c2c1. The standard InChI is InChI=1S/C24H27F5N6/c1-14(30)21(15(2)31)17-7-20-22(32-8-17)19(18-9-33-35(11-18)13-24(27,28)29)12-34(20)10-16-3-5-23(25,26)6-4-16/h7-9,11-12,16,30H,3-6,10,13,31H2,1-2H3. The third-order valence-corrected chi connectivity index (χ3v) is 6.35. The van der Waals surface area contributed by atoms with E-state index >= 15 is 0 Å². The number of fused-ring (bicyclic) bond motifs is 1.